The van der Waals surface area contributed by atoms with Gasteiger partial charge in [0.05, 0.1) is 7.11 Å². The summed E-state index contributed by atoms with van der Waals surface area (Å²) in [4.78, 5) is 42.9. The number of ether oxygens (including phenoxy) is 1. The molecule has 3 heterocycles. The van der Waals surface area contributed by atoms with Gasteiger partial charge in [-0.3, -0.25) is 9.59 Å². The molecule has 1 aliphatic heterocycles. The monoisotopic (exact) mass is 622 g/mol. The van der Waals surface area contributed by atoms with Gasteiger partial charge >= 0.3 is 6.01 Å². The van der Waals surface area contributed by atoms with Crippen LogP contribution in [0.1, 0.15) is 29.5 Å². The molecule has 0 radical (unpaired) electrons. The molecule has 43 heavy (non-hydrogen) atoms. The number of aromatic nitrogens is 4. The lowest BCUT2D eigenvalue weighted by molar-refractivity contribution is -0.131. The molecule has 0 bridgehead atoms. The fraction of sp³-hybridized carbons (Fsp3) is 0.323. The average molecular weight is 623 g/mol. The van der Waals surface area contributed by atoms with Crippen molar-refractivity contribution in [1.82, 2.24) is 24.4 Å². The first-order valence-electron chi connectivity index (χ1n) is 14.0. The van der Waals surface area contributed by atoms with Crippen LogP contribution in [0.4, 0.5) is 10.1 Å². The molecule has 12 heteroatoms. The van der Waals surface area contributed by atoms with E-state index in [2.05, 4.69) is 19.9 Å². The lowest BCUT2D eigenvalue weighted by Gasteiger charge is -2.36. The summed E-state index contributed by atoms with van der Waals surface area (Å²) in [5.74, 6) is 0.336. The third-order valence-electron chi connectivity index (χ3n) is 7.18. The van der Waals surface area contributed by atoms with Gasteiger partial charge in [0.2, 0.25) is 5.91 Å². The summed E-state index contributed by atoms with van der Waals surface area (Å²) in [6.45, 7) is 3.36. The molecule has 5 rings (SSSR count). The minimum atomic E-state index is -0.330. The molecule has 2 aromatic heterocycles. The number of methoxy groups -OCH3 is 1. The molecule has 0 N–H and O–H groups in total. The van der Waals surface area contributed by atoms with Gasteiger partial charge in [-0.2, -0.15) is 4.98 Å². The predicted octanol–water partition coefficient (Wildman–Crippen LogP) is 4.85. The van der Waals surface area contributed by atoms with Crippen molar-refractivity contribution in [3.63, 3.8) is 0 Å². The summed E-state index contributed by atoms with van der Waals surface area (Å²) in [6.07, 6.45) is 6.35. The predicted molar refractivity (Wildman–Crippen MR) is 165 cm³/mol. The fourth-order valence-electron chi connectivity index (χ4n) is 4.83. The molecule has 1 amide bonds. The zero-order chi connectivity index (χ0) is 30.2. The highest BCUT2D eigenvalue weighted by molar-refractivity contribution is 7.98. The number of halogens is 2. The lowest BCUT2D eigenvalue weighted by atomic mass is 10.1. The number of hydrogen-bond acceptors (Lipinski definition) is 8. The number of aryl methyl sites for hydroxylation is 1. The molecule has 1 aliphatic rings. The van der Waals surface area contributed by atoms with Gasteiger partial charge in [-0.25, -0.2) is 14.4 Å². The third-order valence-corrected chi connectivity index (χ3v) is 8.50. The Labute approximate surface area is 258 Å². The Hall–Kier alpha value is -3.96. The van der Waals surface area contributed by atoms with Gasteiger partial charge in [-0.05, 0) is 53.9 Å². The first kappa shape index (κ1) is 30.5. The number of hydrogen-bond donors (Lipinski definition) is 0. The number of thioether (sulfide) groups is 1. The van der Waals surface area contributed by atoms with E-state index in [1.165, 1.54) is 31.0 Å². The molecule has 9 nitrogen and oxygen atoms in total. The molecule has 2 aromatic carbocycles. The maximum atomic E-state index is 13.4. The van der Waals surface area contributed by atoms with Gasteiger partial charge in [0.1, 0.15) is 5.82 Å². The Morgan fingerprint density at radius 1 is 1.00 bits per heavy atom. The average Bonchev–Trinajstić information content (AvgIpc) is 3.03. The fourth-order valence-corrected chi connectivity index (χ4v) is 5.90. The quantitative estimate of drug-likeness (QED) is 0.173. The molecule has 0 saturated carbocycles. The van der Waals surface area contributed by atoms with Crippen LogP contribution in [-0.2, 0) is 23.5 Å². The molecular formula is C31H32ClFN6O3S. The van der Waals surface area contributed by atoms with Crippen LogP contribution in [-0.4, -0.2) is 63.6 Å². The number of benzene rings is 2. The second-order valence-corrected chi connectivity index (χ2v) is 11.5. The Kier molecular flexibility index (Phi) is 10.3. The molecule has 0 unspecified atom stereocenters. The zero-order valence-electron chi connectivity index (χ0n) is 23.8. The van der Waals surface area contributed by atoms with Gasteiger partial charge in [-0.15, -0.1) is 0 Å². The summed E-state index contributed by atoms with van der Waals surface area (Å²) >= 11 is 7.42. The van der Waals surface area contributed by atoms with Crippen LogP contribution in [0.2, 0.25) is 5.02 Å². The molecule has 1 saturated heterocycles. The lowest BCUT2D eigenvalue weighted by Crippen LogP contribution is -2.48. The van der Waals surface area contributed by atoms with E-state index in [-0.39, 0.29) is 23.3 Å². The third kappa shape index (κ3) is 8.32. The van der Waals surface area contributed by atoms with Crippen LogP contribution in [0.5, 0.6) is 6.01 Å². The summed E-state index contributed by atoms with van der Waals surface area (Å²) in [5, 5.41) is 1.25. The van der Waals surface area contributed by atoms with Crippen molar-refractivity contribution >= 4 is 35.0 Å². The first-order valence-corrected chi connectivity index (χ1v) is 15.3. The molecular weight excluding hydrogens is 591 g/mol. The van der Waals surface area contributed by atoms with E-state index in [4.69, 9.17) is 16.3 Å². The Morgan fingerprint density at radius 3 is 2.37 bits per heavy atom. The largest absolute Gasteiger partial charge is 0.467 e. The molecule has 0 atom stereocenters. The first-order chi connectivity index (χ1) is 20.9. The smallest absolute Gasteiger partial charge is 0.316 e. The van der Waals surface area contributed by atoms with E-state index >= 15 is 0 Å². The maximum absolute atomic E-state index is 13.4. The summed E-state index contributed by atoms with van der Waals surface area (Å²) in [5.41, 5.74) is 2.95. The minimum absolute atomic E-state index is 0.112. The van der Waals surface area contributed by atoms with Crippen molar-refractivity contribution < 1.29 is 13.9 Å². The summed E-state index contributed by atoms with van der Waals surface area (Å²) in [6, 6.07) is 14.3. The van der Waals surface area contributed by atoms with E-state index in [0.717, 1.165) is 29.9 Å². The van der Waals surface area contributed by atoms with E-state index in [1.807, 2.05) is 39.9 Å². The standard InChI is InChI=1S/C31H32ClFN6O3S/c1-42-30-34-18-23(19-35-30)17-24-20-39(31(36-29(24)41)43-21-22-4-8-26(33)9-5-22)12-2-3-28(40)38-15-13-37(14-16-38)27-10-6-25(32)7-11-27/h4-11,18-20H,2-3,12-17,21H2,1H3. The van der Waals surface area contributed by atoms with Gasteiger partial charge in [0.25, 0.3) is 5.56 Å². The van der Waals surface area contributed by atoms with Crippen LogP contribution < -0.4 is 15.2 Å². The summed E-state index contributed by atoms with van der Waals surface area (Å²) in [7, 11) is 1.49. The number of amides is 1. The second kappa shape index (κ2) is 14.5. The molecule has 0 aliphatic carbocycles. The number of nitrogens with zero attached hydrogens (tertiary/aromatic N) is 6. The van der Waals surface area contributed by atoms with E-state index in [0.29, 0.717) is 60.4 Å². The van der Waals surface area contributed by atoms with Crippen molar-refractivity contribution in [2.24, 2.45) is 0 Å². The highest BCUT2D eigenvalue weighted by Gasteiger charge is 2.21. The van der Waals surface area contributed by atoms with Crippen molar-refractivity contribution in [2.45, 2.75) is 36.7 Å². The SMILES string of the molecule is COc1ncc(Cc2cn(CCCC(=O)N3CCN(c4ccc(Cl)cc4)CC3)c(SCc3ccc(F)cc3)nc2=O)cn1. The van der Waals surface area contributed by atoms with Crippen LogP contribution in [0, 0.1) is 5.82 Å². The number of anilines is 1. The van der Waals surface area contributed by atoms with Gasteiger partial charge in [0.15, 0.2) is 5.16 Å². The van der Waals surface area contributed by atoms with Gasteiger partial charge in [0, 0.05) is 86.2 Å². The highest BCUT2D eigenvalue weighted by atomic mass is 35.5. The van der Waals surface area contributed by atoms with Crippen LogP contribution in [0.3, 0.4) is 0 Å². The van der Waals surface area contributed by atoms with Crippen LogP contribution in [0.15, 0.2) is 77.1 Å². The normalized spacial score (nSPS) is 13.3. The van der Waals surface area contributed by atoms with E-state index < -0.39 is 0 Å². The number of piperazine rings is 1. The van der Waals surface area contributed by atoms with Crippen molar-refractivity contribution in [1.29, 1.82) is 0 Å². The molecule has 4 aromatic rings. The molecule has 224 valence electrons. The Morgan fingerprint density at radius 2 is 1.70 bits per heavy atom. The van der Waals surface area contributed by atoms with Crippen molar-refractivity contribution in [3.8, 4) is 6.01 Å². The number of carbonyl (C=O) groups excluding carboxylic acids is 1. The second-order valence-electron chi connectivity index (χ2n) is 10.2. The minimum Gasteiger partial charge on any atom is -0.467 e. The van der Waals surface area contributed by atoms with Crippen molar-refractivity contribution in [3.05, 3.63) is 105 Å². The van der Waals surface area contributed by atoms with Crippen LogP contribution >= 0.6 is 23.4 Å². The topological polar surface area (TPSA) is 93.5 Å². The zero-order valence-corrected chi connectivity index (χ0v) is 25.4. The van der Waals surface area contributed by atoms with E-state index in [1.54, 1.807) is 24.5 Å². The highest BCUT2D eigenvalue weighted by Crippen LogP contribution is 2.23. The maximum Gasteiger partial charge on any atom is 0.316 e. The Balaban J connectivity index is 1.23. The Bertz CT molecular complexity index is 1580. The van der Waals surface area contributed by atoms with Crippen molar-refractivity contribution in [2.75, 3.05) is 38.2 Å². The molecule has 1 fully saturated rings. The van der Waals surface area contributed by atoms with Gasteiger partial charge < -0.3 is 19.1 Å². The number of rotatable bonds is 11. The van der Waals surface area contributed by atoms with E-state index in [9.17, 15) is 14.0 Å². The summed E-state index contributed by atoms with van der Waals surface area (Å²) < 4.78 is 20.3. The van der Waals surface area contributed by atoms with Crippen LogP contribution in [0.25, 0.3) is 0 Å². The number of carbonyl (C=O) groups is 1. The van der Waals surface area contributed by atoms with Gasteiger partial charge in [-0.1, -0.05) is 35.5 Å². The molecule has 0 spiro atoms.